The first-order valence-corrected chi connectivity index (χ1v) is 11.0. The average molecular weight is 538 g/mol. The van der Waals surface area contributed by atoms with Crippen LogP contribution in [0.25, 0.3) is 0 Å². The molecule has 3 rings (SSSR count). The third-order valence-electron chi connectivity index (χ3n) is 5.51. The van der Waals surface area contributed by atoms with Crippen molar-refractivity contribution >= 4 is 29.9 Å². The standard InChI is InChI=1S/C24H34N4O2.HI/c1-25-24(26-15-17-30-22-8-4-2-3-5-9-22)27-18-20-11-13-21(14-12-20)19-28-16-7-6-10-23(28)29;/h6-7,10-14,16,22H,2-5,8-9,15,17-19H2,1H3,(H2,25,26,27);1H. The number of aliphatic imine (C=N–C) groups is 1. The van der Waals surface area contributed by atoms with Gasteiger partial charge in [-0.2, -0.15) is 0 Å². The number of pyridine rings is 1. The zero-order valence-corrected chi connectivity index (χ0v) is 20.7. The first-order valence-electron chi connectivity index (χ1n) is 11.0. The summed E-state index contributed by atoms with van der Waals surface area (Å²) in [5.41, 5.74) is 2.28. The maximum Gasteiger partial charge on any atom is 0.250 e. The highest BCUT2D eigenvalue weighted by Crippen LogP contribution is 2.19. The van der Waals surface area contributed by atoms with Gasteiger partial charge >= 0.3 is 0 Å². The number of aromatic nitrogens is 1. The Balaban J connectivity index is 0.00000341. The van der Waals surface area contributed by atoms with Crippen LogP contribution in [0, 0.1) is 0 Å². The fourth-order valence-electron chi connectivity index (χ4n) is 3.76. The van der Waals surface area contributed by atoms with Crippen molar-refractivity contribution in [2.75, 3.05) is 20.2 Å². The highest BCUT2D eigenvalue weighted by molar-refractivity contribution is 14.0. The molecule has 0 atom stereocenters. The number of ether oxygens (including phenoxy) is 1. The van der Waals surface area contributed by atoms with E-state index < -0.39 is 0 Å². The van der Waals surface area contributed by atoms with E-state index in [1.165, 1.54) is 38.5 Å². The third-order valence-corrected chi connectivity index (χ3v) is 5.51. The molecule has 1 aromatic heterocycles. The molecule has 0 spiro atoms. The second-order valence-corrected chi connectivity index (χ2v) is 7.82. The third kappa shape index (κ3) is 9.03. The first-order chi connectivity index (χ1) is 14.7. The molecule has 2 N–H and O–H groups in total. The highest BCUT2D eigenvalue weighted by atomic mass is 127. The van der Waals surface area contributed by atoms with E-state index in [-0.39, 0.29) is 29.5 Å². The maximum atomic E-state index is 11.8. The Kier molecular flexibility index (Phi) is 11.7. The second kappa shape index (κ2) is 14.2. The molecule has 0 aliphatic heterocycles. The quantitative estimate of drug-likeness (QED) is 0.176. The SMILES string of the molecule is CN=C(NCCOC1CCCCCC1)NCc1ccc(Cn2ccccc2=O)cc1.I. The molecular weight excluding hydrogens is 503 g/mol. The monoisotopic (exact) mass is 538 g/mol. The fourth-order valence-corrected chi connectivity index (χ4v) is 3.76. The minimum absolute atomic E-state index is 0. The summed E-state index contributed by atoms with van der Waals surface area (Å²) in [5.74, 6) is 0.777. The highest BCUT2D eigenvalue weighted by Gasteiger charge is 2.12. The molecule has 1 heterocycles. The lowest BCUT2D eigenvalue weighted by Crippen LogP contribution is -2.38. The molecule has 1 fully saturated rings. The van der Waals surface area contributed by atoms with E-state index in [2.05, 4.69) is 39.9 Å². The molecule has 0 unspecified atom stereocenters. The van der Waals surface area contributed by atoms with Gasteiger partial charge in [0.05, 0.1) is 19.3 Å². The van der Waals surface area contributed by atoms with Crippen molar-refractivity contribution in [3.8, 4) is 0 Å². The molecule has 0 saturated heterocycles. The fraction of sp³-hybridized carbons (Fsp3) is 0.500. The zero-order chi connectivity index (χ0) is 21.0. The van der Waals surface area contributed by atoms with E-state index in [0.29, 0.717) is 25.8 Å². The number of hydrogen-bond donors (Lipinski definition) is 2. The first kappa shape index (κ1) is 25.4. The van der Waals surface area contributed by atoms with Crippen LogP contribution in [0.1, 0.15) is 49.7 Å². The van der Waals surface area contributed by atoms with E-state index in [9.17, 15) is 4.79 Å². The van der Waals surface area contributed by atoms with Gasteiger partial charge in [-0.1, -0.05) is 56.0 Å². The van der Waals surface area contributed by atoms with E-state index >= 15 is 0 Å². The number of rotatable bonds is 8. The lowest BCUT2D eigenvalue weighted by molar-refractivity contribution is 0.0468. The van der Waals surface area contributed by atoms with Crippen molar-refractivity contribution in [1.82, 2.24) is 15.2 Å². The minimum atomic E-state index is 0. The summed E-state index contributed by atoms with van der Waals surface area (Å²) in [6.07, 6.45) is 9.91. The lowest BCUT2D eigenvalue weighted by atomic mass is 10.1. The van der Waals surface area contributed by atoms with Crippen molar-refractivity contribution in [2.45, 2.75) is 57.7 Å². The predicted octanol–water partition coefficient (Wildman–Crippen LogP) is 3.92. The molecule has 1 aromatic carbocycles. The molecule has 1 saturated carbocycles. The van der Waals surface area contributed by atoms with Gasteiger partial charge in [-0.05, 0) is 30.0 Å². The Morgan fingerprint density at radius 1 is 1.03 bits per heavy atom. The van der Waals surface area contributed by atoms with Gasteiger partial charge < -0.3 is 19.9 Å². The van der Waals surface area contributed by atoms with Crippen LogP contribution in [0.5, 0.6) is 0 Å². The van der Waals surface area contributed by atoms with Gasteiger partial charge in [0.25, 0.3) is 5.56 Å². The van der Waals surface area contributed by atoms with Gasteiger partial charge in [-0.3, -0.25) is 9.79 Å². The van der Waals surface area contributed by atoms with E-state index in [0.717, 1.165) is 23.6 Å². The summed E-state index contributed by atoms with van der Waals surface area (Å²) in [4.78, 5) is 16.1. The van der Waals surface area contributed by atoms with Crippen LogP contribution in [0.4, 0.5) is 0 Å². The van der Waals surface area contributed by atoms with Crippen LogP contribution in [0.2, 0.25) is 0 Å². The largest absolute Gasteiger partial charge is 0.376 e. The number of nitrogens with zero attached hydrogens (tertiary/aromatic N) is 2. The summed E-state index contributed by atoms with van der Waals surface area (Å²) in [6.45, 7) is 2.73. The number of nitrogens with one attached hydrogen (secondary N) is 2. The molecule has 2 aromatic rings. The van der Waals surface area contributed by atoms with Crippen molar-refractivity contribution < 1.29 is 4.74 Å². The molecule has 6 nitrogen and oxygen atoms in total. The number of benzene rings is 1. The zero-order valence-electron chi connectivity index (χ0n) is 18.4. The molecule has 1 aliphatic carbocycles. The molecule has 7 heteroatoms. The smallest absolute Gasteiger partial charge is 0.250 e. The van der Waals surface area contributed by atoms with Crippen LogP contribution in [-0.4, -0.2) is 36.8 Å². The molecule has 0 radical (unpaired) electrons. The van der Waals surface area contributed by atoms with E-state index in [4.69, 9.17) is 4.74 Å². The van der Waals surface area contributed by atoms with Gasteiger partial charge in [0.1, 0.15) is 0 Å². The van der Waals surface area contributed by atoms with Crippen LogP contribution in [0.15, 0.2) is 58.4 Å². The predicted molar refractivity (Wildman–Crippen MR) is 137 cm³/mol. The normalized spacial score (nSPS) is 15.1. The second-order valence-electron chi connectivity index (χ2n) is 7.82. The van der Waals surface area contributed by atoms with E-state index in [1.54, 1.807) is 23.7 Å². The lowest BCUT2D eigenvalue weighted by Gasteiger charge is -2.17. The summed E-state index contributed by atoms with van der Waals surface area (Å²) in [6, 6.07) is 13.5. The van der Waals surface area contributed by atoms with Crippen molar-refractivity contribution in [3.63, 3.8) is 0 Å². The Labute approximate surface area is 202 Å². The number of guanidine groups is 1. The van der Waals surface area contributed by atoms with Gasteiger partial charge in [-0.15, -0.1) is 24.0 Å². The Morgan fingerprint density at radius 3 is 2.42 bits per heavy atom. The van der Waals surface area contributed by atoms with Crippen LogP contribution >= 0.6 is 24.0 Å². The Bertz CT molecular complexity index is 843. The van der Waals surface area contributed by atoms with Crippen LogP contribution in [-0.2, 0) is 17.8 Å². The van der Waals surface area contributed by atoms with Crippen LogP contribution in [0.3, 0.4) is 0 Å². The van der Waals surface area contributed by atoms with Crippen molar-refractivity contribution in [3.05, 3.63) is 70.1 Å². The molecular formula is C24H35IN4O2. The summed E-state index contributed by atoms with van der Waals surface area (Å²) in [5, 5.41) is 6.66. The summed E-state index contributed by atoms with van der Waals surface area (Å²) >= 11 is 0. The molecule has 31 heavy (non-hydrogen) atoms. The minimum Gasteiger partial charge on any atom is -0.376 e. The topological polar surface area (TPSA) is 67.7 Å². The molecule has 170 valence electrons. The van der Waals surface area contributed by atoms with Crippen LogP contribution < -0.4 is 16.2 Å². The maximum absolute atomic E-state index is 11.8. The van der Waals surface area contributed by atoms with E-state index in [1.807, 2.05) is 12.3 Å². The Morgan fingerprint density at radius 2 is 1.74 bits per heavy atom. The van der Waals surface area contributed by atoms with Crippen molar-refractivity contribution in [2.24, 2.45) is 4.99 Å². The molecule has 1 aliphatic rings. The Hall–Kier alpha value is -1.87. The molecule has 0 bridgehead atoms. The summed E-state index contributed by atoms with van der Waals surface area (Å²) < 4.78 is 7.73. The van der Waals surface area contributed by atoms with Gasteiger partial charge in [0.15, 0.2) is 5.96 Å². The summed E-state index contributed by atoms with van der Waals surface area (Å²) in [7, 11) is 1.78. The number of halogens is 1. The van der Waals surface area contributed by atoms with Crippen molar-refractivity contribution in [1.29, 1.82) is 0 Å². The van der Waals surface area contributed by atoms with Gasteiger partial charge in [0, 0.05) is 32.4 Å². The van der Waals surface area contributed by atoms with Gasteiger partial charge in [0.2, 0.25) is 0 Å². The van der Waals surface area contributed by atoms with Gasteiger partial charge in [-0.25, -0.2) is 0 Å². The molecule has 0 amide bonds. The number of hydrogen-bond acceptors (Lipinski definition) is 3. The average Bonchev–Trinajstić information content (AvgIpc) is 3.05.